The minimum atomic E-state index is -3.10. The van der Waals surface area contributed by atoms with Crippen molar-refractivity contribution in [1.82, 2.24) is 14.9 Å². The van der Waals surface area contributed by atoms with Crippen molar-refractivity contribution in [3.63, 3.8) is 0 Å². The minimum Gasteiger partial charge on any atom is -0.379 e. The van der Waals surface area contributed by atoms with Crippen molar-refractivity contribution in [3.8, 4) is 0 Å². The molecule has 0 aromatic rings. The third kappa shape index (κ3) is 6.95. The lowest BCUT2D eigenvalue weighted by atomic mass is 10.4. The Hall–Kier alpha value is -0.210. The number of hydrogen-bond acceptors (Lipinski definition) is 5. The Labute approximate surface area is 104 Å². The Morgan fingerprint density at radius 1 is 1.24 bits per heavy atom. The average molecular weight is 265 g/mol. The van der Waals surface area contributed by atoms with Crippen LogP contribution >= 0.6 is 0 Å². The fourth-order valence-electron chi connectivity index (χ4n) is 1.70. The Morgan fingerprint density at radius 3 is 2.59 bits per heavy atom. The molecule has 0 unspecified atom stereocenters. The smallest absolute Gasteiger partial charge is 0.211 e. The summed E-state index contributed by atoms with van der Waals surface area (Å²) in [7, 11) is -1.28. The number of morpholine rings is 1. The predicted octanol–water partition coefficient (Wildman–Crippen LogP) is -1.15. The lowest BCUT2D eigenvalue weighted by molar-refractivity contribution is 0.0390. The number of nitrogens with zero attached hydrogens (tertiary/aromatic N) is 1. The summed E-state index contributed by atoms with van der Waals surface area (Å²) >= 11 is 0. The standard InChI is InChI=1S/C10H23N3O3S/c1-11-3-2-10-17(14,15)12-4-5-13-6-8-16-9-7-13/h11-12H,2-10H2,1H3. The van der Waals surface area contributed by atoms with Crippen LogP contribution in [-0.2, 0) is 14.8 Å². The second-order valence-electron chi connectivity index (χ2n) is 4.12. The topological polar surface area (TPSA) is 70.7 Å². The maximum atomic E-state index is 11.6. The number of sulfonamides is 1. The molecule has 7 heteroatoms. The van der Waals surface area contributed by atoms with Gasteiger partial charge >= 0.3 is 0 Å². The summed E-state index contributed by atoms with van der Waals surface area (Å²) in [4.78, 5) is 2.21. The highest BCUT2D eigenvalue weighted by Gasteiger charge is 2.12. The fraction of sp³-hybridized carbons (Fsp3) is 1.00. The van der Waals surface area contributed by atoms with Crippen molar-refractivity contribution in [3.05, 3.63) is 0 Å². The molecule has 0 atom stereocenters. The maximum Gasteiger partial charge on any atom is 0.211 e. The first-order valence-corrected chi connectivity index (χ1v) is 7.71. The van der Waals surface area contributed by atoms with E-state index in [1.165, 1.54) is 0 Å². The van der Waals surface area contributed by atoms with E-state index >= 15 is 0 Å². The summed E-state index contributed by atoms with van der Waals surface area (Å²) in [5, 5.41) is 2.93. The van der Waals surface area contributed by atoms with Crippen LogP contribution in [0.25, 0.3) is 0 Å². The molecule has 1 saturated heterocycles. The molecule has 1 fully saturated rings. The molecule has 0 aromatic carbocycles. The van der Waals surface area contributed by atoms with Crippen molar-refractivity contribution < 1.29 is 13.2 Å². The Kier molecular flexibility index (Phi) is 6.98. The first kappa shape index (κ1) is 14.8. The van der Waals surface area contributed by atoms with Gasteiger partial charge in [-0.25, -0.2) is 13.1 Å². The molecule has 2 N–H and O–H groups in total. The zero-order valence-corrected chi connectivity index (χ0v) is 11.3. The molecule has 0 amide bonds. The van der Waals surface area contributed by atoms with Gasteiger partial charge in [-0.15, -0.1) is 0 Å². The van der Waals surface area contributed by atoms with Gasteiger partial charge in [0.25, 0.3) is 0 Å². The largest absolute Gasteiger partial charge is 0.379 e. The monoisotopic (exact) mass is 265 g/mol. The van der Waals surface area contributed by atoms with Crippen LogP contribution in [0.15, 0.2) is 0 Å². The molecule has 0 radical (unpaired) electrons. The third-order valence-electron chi connectivity index (χ3n) is 2.69. The van der Waals surface area contributed by atoms with E-state index in [4.69, 9.17) is 4.74 Å². The number of ether oxygens (including phenoxy) is 1. The van der Waals surface area contributed by atoms with Crippen LogP contribution in [0.3, 0.4) is 0 Å². The van der Waals surface area contributed by atoms with E-state index in [9.17, 15) is 8.42 Å². The van der Waals surface area contributed by atoms with Crippen molar-refractivity contribution in [2.45, 2.75) is 6.42 Å². The van der Waals surface area contributed by atoms with Gasteiger partial charge in [-0.3, -0.25) is 4.90 Å². The SMILES string of the molecule is CNCCCS(=O)(=O)NCCN1CCOCC1. The van der Waals surface area contributed by atoms with Gasteiger partial charge in [-0.2, -0.15) is 0 Å². The van der Waals surface area contributed by atoms with Gasteiger partial charge < -0.3 is 10.1 Å². The lowest BCUT2D eigenvalue weighted by Gasteiger charge is -2.26. The zero-order chi connectivity index (χ0) is 12.6. The molecule has 1 aliphatic rings. The van der Waals surface area contributed by atoms with E-state index in [-0.39, 0.29) is 5.75 Å². The van der Waals surface area contributed by atoms with Crippen LogP contribution in [0.2, 0.25) is 0 Å². The molecule has 0 aliphatic carbocycles. The van der Waals surface area contributed by atoms with Crippen LogP contribution in [0.1, 0.15) is 6.42 Å². The van der Waals surface area contributed by atoms with E-state index in [0.29, 0.717) is 13.0 Å². The summed E-state index contributed by atoms with van der Waals surface area (Å²) in [5.74, 6) is 0.191. The Bertz CT molecular complexity index is 289. The maximum absolute atomic E-state index is 11.6. The molecule has 6 nitrogen and oxygen atoms in total. The van der Waals surface area contributed by atoms with Gasteiger partial charge in [0.2, 0.25) is 10.0 Å². The van der Waals surface area contributed by atoms with Gasteiger partial charge in [-0.1, -0.05) is 0 Å². The van der Waals surface area contributed by atoms with Crippen molar-refractivity contribution in [2.75, 3.05) is 58.7 Å². The molecule has 17 heavy (non-hydrogen) atoms. The number of nitrogens with one attached hydrogen (secondary N) is 2. The van der Waals surface area contributed by atoms with Crippen molar-refractivity contribution in [2.24, 2.45) is 0 Å². The average Bonchev–Trinajstić information content (AvgIpc) is 2.30. The molecule has 0 saturated carbocycles. The first-order valence-electron chi connectivity index (χ1n) is 6.06. The summed E-state index contributed by atoms with van der Waals surface area (Å²) in [6, 6.07) is 0. The highest BCUT2D eigenvalue weighted by molar-refractivity contribution is 7.89. The summed E-state index contributed by atoms with van der Waals surface area (Å²) in [6.45, 7) is 5.24. The third-order valence-corrected chi connectivity index (χ3v) is 4.16. The Morgan fingerprint density at radius 2 is 1.94 bits per heavy atom. The second kappa shape index (κ2) is 7.99. The van der Waals surface area contributed by atoms with Gasteiger partial charge in [-0.05, 0) is 20.0 Å². The predicted molar refractivity (Wildman–Crippen MR) is 67.6 cm³/mol. The highest BCUT2D eigenvalue weighted by atomic mass is 32.2. The molecule has 1 rings (SSSR count). The van der Waals surface area contributed by atoms with E-state index in [2.05, 4.69) is 14.9 Å². The molecular formula is C10H23N3O3S. The number of rotatable bonds is 8. The van der Waals surface area contributed by atoms with E-state index in [1.807, 2.05) is 7.05 Å². The van der Waals surface area contributed by atoms with Crippen LogP contribution < -0.4 is 10.0 Å². The summed E-state index contributed by atoms with van der Waals surface area (Å²) in [5.41, 5.74) is 0. The molecule has 102 valence electrons. The van der Waals surface area contributed by atoms with Crippen LogP contribution in [0.4, 0.5) is 0 Å². The molecule has 0 aromatic heterocycles. The van der Waals surface area contributed by atoms with Gasteiger partial charge in [0.15, 0.2) is 0 Å². The van der Waals surface area contributed by atoms with Crippen LogP contribution in [0.5, 0.6) is 0 Å². The van der Waals surface area contributed by atoms with Crippen molar-refractivity contribution in [1.29, 1.82) is 0 Å². The van der Waals surface area contributed by atoms with Crippen LogP contribution in [-0.4, -0.2) is 72.1 Å². The molecule has 1 aliphatic heterocycles. The zero-order valence-electron chi connectivity index (χ0n) is 10.4. The quantitative estimate of drug-likeness (QED) is 0.542. The van der Waals surface area contributed by atoms with E-state index in [1.54, 1.807) is 0 Å². The minimum absolute atomic E-state index is 0.191. The Balaban J connectivity index is 2.11. The van der Waals surface area contributed by atoms with Crippen LogP contribution in [0, 0.1) is 0 Å². The lowest BCUT2D eigenvalue weighted by Crippen LogP contribution is -2.41. The van der Waals surface area contributed by atoms with Gasteiger partial charge in [0.05, 0.1) is 19.0 Å². The van der Waals surface area contributed by atoms with E-state index < -0.39 is 10.0 Å². The molecular weight excluding hydrogens is 242 g/mol. The fourth-order valence-corrected chi connectivity index (χ4v) is 2.77. The van der Waals surface area contributed by atoms with Crippen molar-refractivity contribution >= 4 is 10.0 Å². The summed E-state index contributed by atoms with van der Waals surface area (Å²) in [6.07, 6.45) is 0.642. The second-order valence-corrected chi connectivity index (χ2v) is 6.05. The molecule has 0 spiro atoms. The van der Waals surface area contributed by atoms with Gasteiger partial charge in [0, 0.05) is 26.2 Å². The highest BCUT2D eigenvalue weighted by Crippen LogP contribution is 1.95. The molecule has 1 heterocycles. The van der Waals surface area contributed by atoms with Gasteiger partial charge in [0.1, 0.15) is 0 Å². The number of hydrogen-bond donors (Lipinski definition) is 2. The van der Waals surface area contributed by atoms with E-state index in [0.717, 1.165) is 39.4 Å². The normalized spacial score (nSPS) is 18.4. The molecule has 0 bridgehead atoms. The summed E-state index contributed by atoms with van der Waals surface area (Å²) < 4.78 is 31.0. The first-order chi connectivity index (χ1) is 8.14.